The van der Waals surface area contributed by atoms with Crippen molar-refractivity contribution in [2.45, 2.75) is 18.4 Å². The first-order valence-corrected chi connectivity index (χ1v) is 10.8. The van der Waals surface area contributed by atoms with E-state index in [1.165, 1.54) is 39.3 Å². The van der Waals surface area contributed by atoms with Gasteiger partial charge in [0.1, 0.15) is 0 Å². The third-order valence-corrected chi connectivity index (χ3v) is 8.01. The largest absolute Gasteiger partial charge is 0.493 e. The highest BCUT2D eigenvalue weighted by atomic mass is 32.3. The van der Waals surface area contributed by atoms with E-state index in [1.807, 2.05) is 0 Å². The number of hydrogen-bond donors (Lipinski definition) is 0. The van der Waals surface area contributed by atoms with Crippen LogP contribution in [0.4, 0.5) is 0 Å². The lowest BCUT2D eigenvalue weighted by atomic mass is 10.2. The van der Waals surface area contributed by atoms with Gasteiger partial charge in [0.2, 0.25) is 10.0 Å². The molecule has 26 heavy (non-hydrogen) atoms. The fourth-order valence-electron chi connectivity index (χ4n) is 2.30. The maximum atomic E-state index is 13.1. The quantitative estimate of drug-likeness (QED) is 0.676. The van der Waals surface area contributed by atoms with Gasteiger partial charge in [0.05, 0.1) is 31.4 Å². The van der Waals surface area contributed by atoms with E-state index in [2.05, 4.69) is 0 Å². The van der Waals surface area contributed by atoms with Crippen LogP contribution in [0.25, 0.3) is 0 Å². The van der Waals surface area contributed by atoms with Crippen molar-refractivity contribution in [3.05, 3.63) is 54.1 Å². The van der Waals surface area contributed by atoms with Crippen LogP contribution in [0.5, 0.6) is 11.5 Å². The molecule has 142 valence electrons. The summed E-state index contributed by atoms with van der Waals surface area (Å²) in [6.45, 7) is 1.12. The van der Waals surface area contributed by atoms with E-state index in [-0.39, 0.29) is 22.9 Å². The van der Waals surface area contributed by atoms with E-state index in [9.17, 15) is 16.8 Å². The van der Waals surface area contributed by atoms with Gasteiger partial charge in [-0.05, 0) is 24.6 Å². The number of hydrogen-bond acceptors (Lipinski definition) is 6. The lowest BCUT2D eigenvalue weighted by Crippen LogP contribution is -2.37. The highest BCUT2D eigenvalue weighted by Gasteiger charge is 2.34. The molecule has 0 aliphatic carbocycles. The van der Waals surface area contributed by atoms with Crippen LogP contribution in [-0.4, -0.2) is 40.5 Å². The molecule has 2 aromatic rings. The van der Waals surface area contributed by atoms with E-state index in [1.54, 1.807) is 30.3 Å². The lowest BCUT2D eigenvalue weighted by molar-refractivity contribution is 0.353. The summed E-state index contributed by atoms with van der Waals surface area (Å²) >= 11 is 0. The molecular formula is C17H21NO6S2. The predicted octanol–water partition coefficient (Wildman–Crippen LogP) is 2.24. The molecule has 0 N–H and O–H groups in total. The molecule has 0 fully saturated rings. The maximum absolute atomic E-state index is 13.1. The minimum absolute atomic E-state index is 0.192. The van der Waals surface area contributed by atoms with Gasteiger partial charge in [-0.25, -0.2) is 16.8 Å². The Morgan fingerprint density at radius 3 is 2.04 bits per heavy atom. The molecule has 0 aliphatic heterocycles. The normalized spacial score (nSPS) is 12.2. The van der Waals surface area contributed by atoms with Crippen LogP contribution in [0.2, 0.25) is 0 Å². The Labute approximate surface area is 154 Å². The standard InChI is InChI=1S/C17H21NO6S2/c1-4-25(19,20)18(13-14-8-6-5-7-9-14)26(21,22)15-10-11-16(23-2)17(12-15)24-3/h5-12H,4,13H2,1-3H3. The molecule has 0 bridgehead atoms. The van der Waals surface area contributed by atoms with Crippen molar-refractivity contribution in [1.82, 2.24) is 3.71 Å². The summed E-state index contributed by atoms with van der Waals surface area (Å²) in [6, 6.07) is 12.5. The summed E-state index contributed by atoms with van der Waals surface area (Å²) in [6.07, 6.45) is 0. The van der Waals surface area contributed by atoms with Gasteiger partial charge in [-0.15, -0.1) is 0 Å². The summed E-state index contributed by atoms with van der Waals surface area (Å²) in [4.78, 5) is -0.192. The third-order valence-electron chi connectivity index (χ3n) is 3.75. The number of sulfonamides is 2. The first-order valence-electron chi connectivity index (χ1n) is 7.77. The summed E-state index contributed by atoms with van der Waals surface area (Å²) in [5.74, 6) is 0.202. The molecule has 0 saturated carbocycles. The molecular weight excluding hydrogens is 378 g/mol. The van der Waals surface area contributed by atoms with E-state index in [0.717, 1.165) is 0 Å². The smallest absolute Gasteiger partial charge is 0.256 e. The Kier molecular flexibility index (Phi) is 6.27. The van der Waals surface area contributed by atoms with Crippen molar-refractivity contribution >= 4 is 20.0 Å². The summed E-state index contributed by atoms with van der Waals surface area (Å²) < 4.78 is 61.9. The summed E-state index contributed by atoms with van der Waals surface area (Å²) in [5, 5.41) is 0. The van der Waals surface area contributed by atoms with Gasteiger partial charge in [0.25, 0.3) is 10.0 Å². The van der Waals surface area contributed by atoms with Gasteiger partial charge < -0.3 is 9.47 Å². The zero-order chi connectivity index (χ0) is 19.4. The van der Waals surface area contributed by atoms with Crippen LogP contribution in [0, 0.1) is 0 Å². The van der Waals surface area contributed by atoms with Crippen LogP contribution < -0.4 is 9.47 Å². The summed E-state index contributed by atoms with van der Waals surface area (Å²) in [5.41, 5.74) is 0.563. The average Bonchev–Trinajstić information content (AvgIpc) is 2.66. The van der Waals surface area contributed by atoms with Crippen molar-refractivity contribution < 1.29 is 26.3 Å². The number of nitrogens with zero attached hydrogens (tertiary/aromatic N) is 1. The molecule has 2 aromatic carbocycles. The molecule has 2 rings (SSSR count). The second-order valence-corrected chi connectivity index (χ2v) is 9.61. The van der Waals surface area contributed by atoms with Gasteiger partial charge >= 0.3 is 0 Å². The lowest BCUT2D eigenvalue weighted by Gasteiger charge is -2.22. The minimum atomic E-state index is -4.32. The van der Waals surface area contributed by atoms with Crippen LogP contribution in [-0.2, 0) is 26.6 Å². The Bertz CT molecular complexity index is 956. The second-order valence-electron chi connectivity index (χ2n) is 5.34. The molecule has 0 heterocycles. The molecule has 0 spiro atoms. The zero-order valence-corrected chi connectivity index (χ0v) is 16.4. The molecule has 9 heteroatoms. The average molecular weight is 399 g/mol. The van der Waals surface area contributed by atoms with Gasteiger partial charge in [-0.2, -0.15) is 0 Å². The Balaban J connectivity index is 2.56. The Hall–Kier alpha value is -2.10. The number of benzene rings is 2. The maximum Gasteiger partial charge on any atom is 0.256 e. The number of methoxy groups -OCH3 is 2. The molecule has 0 aliphatic rings. The molecule has 0 saturated heterocycles. The van der Waals surface area contributed by atoms with E-state index in [0.29, 0.717) is 15.0 Å². The van der Waals surface area contributed by atoms with Crippen molar-refractivity contribution in [3.8, 4) is 11.5 Å². The topological polar surface area (TPSA) is 90.0 Å². The van der Waals surface area contributed by atoms with Crippen molar-refractivity contribution in [3.63, 3.8) is 0 Å². The first-order chi connectivity index (χ1) is 12.3. The molecule has 0 aromatic heterocycles. The van der Waals surface area contributed by atoms with Gasteiger partial charge in [0.15, 0.2) is 11.5 Å². The molecule has 0 radical (unpaired) electrons. The van der Waals surface area contributed by atoms with Crippen LogP contribution in [0.1, 0.15) is 12.5 Å². The fraction of sp³-hybridized carbons (Fsp3) is 0.294. The van der Waals surface area contributed by atoms with E-state index >= 15 is 0 Å². The highest BCUT2D eigenvalue weighted by molar-refractivity contribution is 8.04. The third kappa shape index (κ3) is 4.17. The van der Waals surface area contributed by atoms with Crippen LogP contribution >= 0.6 is 0 Å². The van der Waals surface area contributed by atoms with Crippen molar-refractivity contribution in [1.29, 1.82) is 0 Å². The van der Waals surface area contributed by atoms with Crippen LogP contribution in [0.3, 0.4) is 0 Å². The van der Waals surface area contributed by atoms with Crippen molar-refractivity contribution in [2.24, 2.45) is 0 Å². The van der Waals surface area contributed by atoms with Gasteiger partial charge in [-0.3, -0.25) is 0 Å². The molecule has 0 atom stereocenters. The minimum Gasteiger partial charge on any atom is -0.493 e. The fourth-order valence-corrected chi connectivity index (χ4v) is 5.76. The highest BCUT2D eigenvalue weighted by Crippen LogP contribution is 2.32. The van der Waals surface area contributed by atoms with Gasteiger partial charge in [-0.1, -0.05) is 34.0 Å². The van der Waals surface area contributed by atoms with Crippen LogP contribution in [0.15, 0.2) is 53.4 Å². The summed E-state index contributed by atoms with van der Waals surface area (Å²) in [7, 11) is -5.54. The monoisotopic (exact) mass is 399 g/mol. The molecule has 0 amide bonds. The molecule has 7 nitrogen and oxygen atoms in total. The van der Waals surface area contributed by atoms with E-state index in [4.69, 9.17) is 9.47 Å². The SMILES string of the molecule is CCS(=O)(=O)N(Cc1ccccc1)S(=O)(=O)c1ccc(OC)c(OC)c1. The molecule has 0 unspecified atom stereocenters. The number of rotatable bonds is 8. The Morgan fingerprint density at radius 2 is 1.50 bits per heavy atom. The second kappa shape index (κ2) is 8.07. The van der Waals surface area contributed by atoms with E-state index < -0.39 is 20.0 Å². The zero-order valence-electron chi connectivity index (χ0n) is 14.7. The predicted molar refractivity (Wildman–Crippen MR) is 98.2 cm³/mol. The number of ether oxygens (including phenoxy) is 2. The first kappa shape index (κ1) is 20.2. The van der Waals surface area contributed by atoms with Gasteiger partial charge in [0, 0.05) is 6.07 Å². The Morgan fingerprint density at radius 1 is 0.885 bits per heavy atom. The van der Waals surface area contributed by atoms with Crippen molar-refractivity contribution in [2.75, 3.05) is 20.0 Å².